The third-order valence-corrected chi connectivity index (χ3v) is 4.04. The number of nitrogens with zero attached hydrogens (tertiary/aromatic N) is 2. The van der Waals surface area contributed by atoms with Gasteiger partial charge in [-0.3, -0.25) is 16.3 Å². The van der Waals surface area contributed by atoms with Gasteiger partial charge in [0, 0.05) is 23.3 Å². The lowest BCUT2D eigenvalue weighted by Gasteiger charge is -2.40. The van der Waals surface area contributed by atoms with E-state index < -0.39 is 0 Å². The van der Waals surface area contributed by atoms with Gasteiger partial charge in [-0.05, 0) is 38.9 Å². The lowest BCUT2D eigenvalue weighted by molar-refractivity contribution is 0.139. The molecular formula is C15H22N4. The van der Waals surface area contributed by atoms with E-state index in [9.17, 15) is 0 Å². The van der Waals surface area contributed by atoms with E-state index in [4.69, 9.17) is 5.84 Å². The van der Waals surface area contributed by atoms with Crippen LogP contribution < -0.4 is 11.3 Å². The second kappa shape index (κ2) is 5.25. The SMILES string of the molecule is CN(C)C(C)(C)C(NN)c1cncc2ccccc12. The van der Waals surface area contributed by atoms with E-state index >= 15 is 0 Å². The molecule has 1 atom stereocenters. The van der Waals surface area contributed by atoms with Crippen molar-refractivity contribution in [2.45, 2.75) is 25.4 Å². The van der Waals surface area contributed by atoms with E-state index in [1.165, 1.54) is 5.39 Å². The summed E-state index contributed by atoms with van der Waals surface area (Å²) in [6.45, 7) is 4.33. The number of hydrogen-bond acceptors (Lipinski definition) is 4. The second-order valence-electron chi connectivity index (χ2n) is 5.60. The van der Waals surface area contributed by atoms with Crippen molar-refractivity contribution in [2.75, 3.05) is 14.1 Å². The van der Waals surface area contributed by atoms with E-state index in [-0.39, 0.29) is 11.6 Å². The number of pyridine rings is 1. The fourth-order valence-corrected chi connectivity index (χ4v) is 2.30. The molecular weight excluding hydrogens is 236 g/mol. The monoisotopic (exact) mass is 258 g/mol. The summed E-state index contributed by atoms with van der Waals surface area (Å²) in [5.74, 6) is 5.82. The van der Waals surface area contributed by atoms with E-state index in [2.05, 4.69) is 55.4 Å². The molecule has 0 saturated heterocycles. The highest BCUT2D eigenvalue weighted by molar-refractivity contribution is 5.85. The van der Waals surface area contributed by atoms with Gasteiger partial charge in [0.15, 0.2) is 0 Å². The first-order valence-electron chi connectivity index (χ1n) is 6.44. The van der Waals surface area contributed by atoms with Crippen molar-refractivity contribution in [3.05, 3.63) is 42.2 Å². The fraction of sp³-hybridized carbons (Fsp3) is 0.400. The summed E-state index contributed by atoms with van der Waals surface area (Å²) in [6, 6.07) is 8.25. The lowest BCUT2D eigenvalue weighted by atomic mass is 9.86. The van der Waals surface area contributed by atoms with Crippen LogP contribution in [0.25, 0.3) is 10.8 Å². The van der Waals surface area contributed by atoms with Gasteiger partial charge >= 0.3 is 0 Å². The number of hydrazine groups is 1. The van der Waals surface area contributed by atoms with Gasteiger partial charge in [0.25, 0.3) is 0 Å². The van der Waals surface area contributed by atoms with E-state index in [1.807, 2.05) is 24.5 Å². The number of nitrogens with two attached hydrogens (primary N) is 1. The lowest BCUT2D eigenvalue weighted by Crippen LogP contribution is -2.51. The Hall–Kier alpha value is -1.49. The molecule has 1 heterocycles. The standard InChI is InChI=1S/C15H22N4/c1-15(2,19(3)4)14(18-16)13-10-17-9-11-7-5-6-8-12(11)13/h5-10,14,18H,16H2,1-4H3. The predicted octanol–water partition coefficient (Wildman–Crippen LogP) is 2.08. The molecule has 0 fully saturated rings. The highest BCUT2D eigenvalue weighted by atomic mass is 15.3. The molecule has 2 rings (SSSR count). The number of likely N-dealkylation sites (N-methyl/N-ethyl adjacent to an activating group) is 1. The quantitative estimate of drug-likeness (QED) is 0.651. The van der Waals surface area contributed by atoms with Gasteiger partial charge < -0.3 is 4.90 Å². The first kappa shape index (κ1) is 13.9. The van der Waals surface area contributed by atoms with Crippen molar-refractivity contribution in [3.8, 4) is 0 Å². The van der Waals surface area contributed by atoms with Crippen LogP contribution in [0.15, 0.2) is 36.7 Å². The van der Waals surface area contributed by atoms with Gasteiger partial charge in [-0.2, -0.15) is 0 Å². The summed E-state index contributed by atoms with van der Waals surface area (Å²) >= 11 is 0. The van der Waals surface area contributed by atoms with Crippen LogP contribution in [0.1, 0.15) is 25.5 Å². The summed E-state index contributed by atoms with van der Waals surface area (Å²) in [6.07, 6.45) is 3.78. The van der Waals surface area contributed by atoms with Crippen LogP contribution in [-0.2, 0) is 0 Å². The Morgan fingerprint density at radius 1 is 1.21 bits per heavy atom. The van der Waals surface area contributed by atoms with Crippen molar-refractivity contribution in [1.82, 2.24) is 15.3 Å². The van der Waals surface area contributed by atoms with Crippen molar-refractivity contribution in [3.63, 3.8) is 0 Å². The Morgan fingerprint density at radius 2 is 1.89 bits per heavy atom. The second-order valence-corrected chi connectivity index (χ2v) is 5.60. The summed E-state index contributed by atoms with van der Waals surface area (Å²) < 4.78 is 0. The number of rotatable bonds is 4. The van der Waals surface area contributed by atoms with Crippen molar-refractivity contribution in [1.29, 1.82) is 0 Å². The molecule has 0 amide bonds. The average molecular weight is 258 g/mol. The molecule has 0 spiro atoms. The molecule has 4 nitrogen and oxygen atoms in total. The Morgan fingerprint density at radius 3 is 2.53 bits per heavy atom. The third-order valence-electron chi connectivity index (χ3n) is 4.04. The van der Waals surface area contributed by atoms with E-state index in [0.717, 1.165) is 10.9 Å². The molecule has 3 N–H and O–H groups in total. The van der Waals surface area contributed by atoms with Crippen LogP contribution in [0.5, 0.6) is 0 Å². The number of nitrogens with one attached hydrogen (secondary N) is 1. The minimum absolute atomic E-state index is 0.00102. The molecule has 1 aromatic heterocycles. The zero-order valence-electron chi connectivity index (χ0n) is 12.0. The average Bonchev–Trinajstić information content (AvgIpc) is 2.39. The Kier molecular flexibility index (Phi) is 3.85. The molecule has 0 bridgehead atoms. The van der Waals surface area contributed by atoms with Crippen molar-refractivity contribution < 1.29 is 0 Å². The Balaban J connectivity index is 2.59. The van der Waals surface area contributed by atoms with Gasteiger partial charge in [-0.1, -0.05) is 24.3 Å². The van der Waals surface area contributed by atoms with Gasteiger partial charge in [-0.25, -0.2) is 0 Å². The molecule has 2 aromatic rings. The van der Waals surface area contributed by atoms with E-state index in [0.29, 0.717) is 0 Å². The van der Waals surface area contributed by atoms with Crippen molar-refractivity contribution >= 4 is 10.8 Å². The first-order valence-corrected chi connectivity index (χ1v) is 6.44. The number of hydrogen-bond donors (Lipinski definition) is 2. The molecule has 19 heavy (non-hydrogen) atoms. The molecule has 1 aromatic carbocycles. The summed E-state index contributed by atoms with van der Waals surface area (Å²) in [5, 5.41) is 2.32. The molecule has 1 unspecified atom stereocenters. The van der Waals surface area contributed by atoms with Crippen LogP contribution in [0.3, 0.4) is 0 Å². The zero-order valence-corrected chi connectivity index (χ0v) is 12.0. The van der Waals surface area contributed by atoms with Crippen LogP contribution >= 0.6 is 0 Å². The zero-order chi connectivity index (χ0) is 14.0. The van der Waals surface area contributed by atoms with Gasteiger partial charge in [0.2, 0.25) is 0 Å². The summed E-state index contributed by atoms with van der Waals surface area (Å²) in [5.41, 5.74) is 3.95. The Labute approximate surface area is 114 Å². The molecule has 4 heteroatoms. The fourth-order valence-electron chi connectivity index (χ4n) is 2.30. The first-order chi connectivity index (χ1) is 8.98. The molecule has 0 radical (unpaired) electrons. The summed E-state index contributed by atoms with van der Waals surface area (Å²) in [7, 11) is 4.12. The molecule has 0 saturated carbocycles. The minimum Gasteiger partial charge on any atom is -0.302 e. The van der Waals surface area contributed by atoms with Crippen LogP contribution in [-0.4, -0.2) is 29.5 Å². The number of benzene rings is 1. The minimum atomic E-state index is -0.124. The normalized spacial score (nSPS) is 14.0. The van der Waals surface area contributed by atoms with Crippen LogP contribution in [0, 0.1) is 0 Å². The van der Waals surface area contributed by atoms with Crippen molar-refractivity contribution in [2.24, 2.45) is 5.84 Å². The van der Waals surface area contributed by atoms with E-state index in [1.54, 1.807) is 0 Å². The topological polar surface area (TPSA) is 54.2 Å². The maximum Gasteiger partial charge on any atom is 0.0659 e. The largest absolute Gasteiger partial charge is 0.302 e. The Bertz CT molecular complexity index is 558. The molecule has 0 aliphatic heterocycles. The number of fused-ring (bicyclic) bond motifs is 1. The third kappa shape index (κ3) is 2.47. The highest BCUT2D eigenvalue weighted by Crippen LogP contribution is 2.32. The maximum absolute atomic E-state index is 5.82. The molecule has 0 aliphatic rings. The van der Waals surface area contributed by atoms with Crippen LogP contribution in [0.4, 0.5) is 0 Å². The molecule has 0 aliphatic carbocycles. The highest BCUT2D eigenvalue weighted by Gasteiger charge is 2.33. The van der Waals surface area contributed by atoms with Gasteiger partial charge in [-0.15, -0.1) is 0 Å². The van der Waals surface area contributed by atoms with Crippen LogP contribution in [0.2, 0.25) is 0 Å². The smallest absolute Gasteiger partial charge is 0.0659 e. The number of aromatic nitrogens is 1. The molecule has 102 valence electrons. The predicted molar refractivity (Wildman–Crippen MR) is 79.6 cm³/mol. The maximum atomic E-state index is 5.82. The van der Waals surface area contributed by atoms with Gasteiger partial charge in [0.1, 0.15) is 0 Å². The summed E-state index contributed by atoms with van der Waals surface area (Å²) in [4.78, 5) is 6.51. The van der Waals surface area contributed by atoms with Gasteiger partial charge in [0.05, 0.1) is 6.04 Å².